The van der Waals surface area contributed by atoms with Crippen molar-refractivity contribution in [3.05, 3.63) is 12.7 Å². The van der Waals surface area contributed by atoms with Crippen LogP contribution >= 0.6 is 0 Å². The van der Waals surface area contributed by atoms with Gasteiger partial charge in [-0.2, -0.15) is 0 Å². The van der Waals surface area contributed by atoms with E-state index in [-0.39, 0.29) is 70.1 Å². The zero-order chi connectivity index (χ0) is 27.7. The molecule has 0 radical (unpaired) electrons. The highest BCUT2D eigenvalue weighted by Crippen LogP contribution is 2.05. The van der Waals surface area contributed by atoms with Crippen molar-refractivity contribution in [2.24, 2.45) is 0 Å². The van der Waals surface area contributed by atoms with Crippen LogP contribution in [0.2, 0.25) is 0 Å². The fraction of sp³-hybridized carbons (Fsp3) is 0.680. The minimum atomic E-state index is -0.628. The Morgan fingerprint density at radius 1 is 0.622 bits per heavy atom. The van der Waals surface area contributed by atoms with Gasteiger partial charge < -0.3 is 29.6 Å². The van der Waals surface area contributed by atoms with Crippen molar-refractivity contribution in [1.82, 2.24) is 10.6 Å². The predicted octanol–water partition coefficient (Wildman–Crippen LogP) is 1.50. The summed E-state index contributed by atoms with van der Waals surface area (Å²) in [6.45, 7) is 5.93. The SMILES string of the molecule is C=CC(=O)OCCOC(=O)CCCCCOC(=O)CCCCCOC(=O)CC(=O)NCCNC(=O)CC. The average Bonchev–Trinajstić information content (AvgIpc) is 2.88. The Hall–Kier alpha value is -3.44. The predicted molar refractivity (Wildman–Crippen MR) is 132 cm³/mol. The van der Waals surface area contributed by atoms with Crippen LogP contribution in [-0.2, 0) is 47.7 Å². The van der Waals surface area contributed by atoms with Crippen LogP contribution in [-0.4, -0.2) is 75.2 Å². The molecule has 0 heterocycles. The second kappa shape index (κ2) is 23.0. The molecule has 2 amide bonds. The molecule has 0 aliphatic heterocycles. The van der Waals surface area contributed by atoms with Crippen LogP contribution in [0, 0.1) is 0 Å². The molecule has 12 nitrogen and oxygen atoms in total. The van der Waals surface area contributed by atoms with Crippen molar-refractivity contribution in [2.75, 3.05) is 39.5 Å². The monoisotopic (exact) mass is 528 g/mol. The third-order valence-corrected chi connectivity index (χ3v) is 4.73. The Morgan fingerprint density at radius 3 is 1.65 bits per heavy atom. The summed E-state index contributed by atoms with van der Waals surface area (Å²) in [6, 6.07) is 0. The number of hydrogen-bond acceptors (Lipinski definition) is 10. The van der Waals surface area contributed by atoms with Crippen LogP contribution in [0.25, 0.3) is 0 Å². The fourth-order valence-corrected chi connectivity index (χ4v) is 2.74. The molecule has 37 heavy (non-hydrogen) atoms. The summed E-state index contributed by atoms with van der Waals surface area (Å²) in [6.07, 6.45) is 5.26. The maximum Gasteiger partial charge on any atom is 0.330 e. The molecule has 0 aliphatic rings. The molecule has 2 N–H and O–H groups in total. The Morgan fingerprint density at radius 2 is 1.11 bits per heavy atom. The van der Waals surface area contributed by atoms with E-state index in [2.05, 4.69) is 21.9 Å². The van der Waals surface area contributed by atoms with Crippen molar-refractivity contribution in [3.8, 4) is 0 Å². The van der Waals surface area contributed by atoms with E-state index >= 15 is 0 Å². The lowest BCUT2D eigenvalue weighted by Crippen LogP contribution is -2.35. The third-order valence-electron chi connectivity index (χ3n) is 4.73. The van der Waals surface area contributed by atoms with E-state index in [1.807, 2.05) is 0 Å². The second-order valence-corrected chi connectivity index (χ2v) is 7.88. The maximum atomic E-state index is 11.7. The molecule has 0 bridgehead atoms. The largest absolute Gasteiger partial charge is 0.466 e. The molecule has 0 fully saturated rings. The number of esters is 4. The van der Waals surface area contributed by atoms with Crippen LogP contribution in [0.4, 0.5) is 0 Å². The molecule has 0 atom stereocenters. The van der Waals surface area contributed by atoms with Gasteiger partial charge in [-0.05, 0) is 38.5 Å². The zero-order valence-electron chi connectivity index (χ0n) is 21.7. The van der Waals surface area contributed by atoms with E-state index in [0.717, 1.165) is 6.08 Å². The minimum absolute atomic E-state index is 0.00218. The molecule has 0 saturated carbocycles. The van der Waals surface area contributed by atoms with Gasteiger partial charge in [-0.3, -0.25) is 24.0 Å². The van der Waals surface area contributed by atoms with Crippen LogP contribution in [0.15, 0.2) is 12.7 Å². The normalized spacial score (nSPS) is 10.1. The van der Waals surface area contributed by atoms with Crippen LogP contribution in [0.1, 0.15) is 71.1 Å². The summed E-state index contributed by atoms with van der Waals surface area (Å²) in [7, 11) is 0. The van der Waals surface area contributed by atoms with Gasteiger partial charge in [0.05, 0.1) is 13.2 Å². The van der Waals surface area contributed by atoms with Crippen molar-refractivity contribution in [2.45, 2.75) is 71.1 Å². The van der Waals surface area contributed by atoms with E-state index in [1.165, 1.54) is 0 Å². The lowest BCUT2D eigenvalue weighted by atomic mass is 10.2. The standard InChI is InChI=1S/C25H40N2O10/c1-3-20(28)26-13-14-27-21(29)19-25(33)35-16-10-6-7-11-23(31)34-15-9-5-8-12-24(32)37-18-17-36-22(30)4-2/h4H,2-3,5-19H2,1H3,(H,26,28)(H,27,29). The molecule has 0 rings (SSSR count). The number of amides is 2. The zero-order valence-corrected chi connectivity index (χ0v) is 21.7. The van der Waals surface area contributed by atoms with Crippen LogP contribution in [0.3, 0.4) is 0 Å². The fourth-order valence-electron chi connectivity index (χ4n) is 2.74. The number of hydrogen-bond donors (Lipinski definition) is 2. The van der Waals surface area contributed by atoms with Gasteiger partial charge in [-0.15, -0.1) is 0 Å². The smallest absolute Gasteiger partial charge is 0.330 e. The summed E-state index contributed by atoms with van der Waals surface area (Å²) in [5.41, 5.74) is 0. The number of ether oxygens (including phenoxy) is 4. The van der Waals surface area contributed by atoms with Gasteiger partial charge in [-0.1, -0.05) is 13.5 Å². The molecule has 0 saturated heterocycles. The molecule has 0 aromatic rings. The Labute approximate surface area is 217 Å². The van der Waals surface area contributed by atoms with E-state index in [1.54, 1.807) is 6.92 Å². The molecule has 0 aromatic heterocycles. The first-order valence-electron chi connectivity index (χ1n) is 12.6. The highest BCUT2D eigenvalue weighted by molar-refractivity contribution is 5.94. The van der Waals surface area contributed by atoms with E-state index in [0.29, 0.717) is 51.5 Å². The number of nitrogens with one attached hydrogen (secondary N) is 2. The van der Waals surface area contributed by atoms with Gasteiger partial charge in [0.2, 0.25) is 11.8 Å². The molecule has 0 unspecified atom stereocenters. The van der Waals surface area contributed by atoms with Crippen LogP contribution in [0.5, 0.6) is 0 Å². The number of rotatable bonds is 22. The summed E-state index contributed by atoms with van der Waals surface area (Å²) in [5.74, 6) is -2.47. The van der Waals surface area contributed by atoms with Crippen molar-refractivity contribution < 1.29 is 47.7 Å². The third kappa shape index (κ3) is 22.7. The van der Waals surface area contributed by atoms with Gasteiger partial charge in [0.15, 0.2) is 0 Å². The molecule has 210 valence electrons. The number of carbonyl (C=O) groups excluding carboxylic acids is 6. The van der Waals surface area contributed by atoms with Crippen molar-refractivity contribution >= 4 is 35.7 Å². The lowest BCUT2D eigenvalue weighted by Gasteiger charge is -2.07. The van der Waals surface area contributed by atoms with Gasteiger partial charge in [0, 0.05) is 38.4 Å². The number of unbranched alkanes of at least 4 members (excludes halogenated alkanes) is 4. The van der Waals surface area contributed by atoms with Gasteiger partial charge in [-0.25, -0.2) is 4.79 Å². The molecule has 0 aliphatic carbocycles. The first-order valence-corrected chi connectivity index (χ1v) is 12.6. The quantitative estimate of drug-likeness (QED) is 0.0692. The molecule has 12 heteroatoms. The first kappa shape index (κ1) is 33.6. The summed E-state index contributed by atoms with van der Waals surface area (Å²) < 4.78 is 19.8. The Kier molecular flexibility index (Phi) is 20.9. The summed E-state index contributed by atoms with van der Waals surface area (Å²) >= 11 is 0. The van der Waals surface area contributed by atoms with E-state index in [9.17, 15) is 28.8 Å². The Balaban J connectivity index is 3.53. The topological polar surface area (TPSA) is 163 Å². The minimum Gasteiger partial charge on any atom is -0.466 e. The number of carbonyl (C=O) groups is 6. The van der Waals surface area contributed by atoms with E-state index in [4.69, 9.17) is 14.2 Å². The lowest BCUT2D eigenvalue weighted by molar-refractivity contribution is -0.149. The average molecular weight is 529 g/mol. The molecule has 0 aromatic carbocycles. The van der Waals surface area contributed by atoms with Gasteiger partial charge in [0.1, 0.15) is 19.6 Å². The van der Waals surface area contributed by atoms with Crippen LogP contribution < -0.4 is 10.6 Å². The van der Waals surface area contributed by atoms with Gasteiger partial charge >= 0.3 is 23.9 Å². The maximum absolute atomic E-state index is 11.7. The molecule has 0 spiro atoms. The highest BCUT2D eigenvalue weighted by Gasteiger charge is 2.10. The van der Waals surface area contributed by atoms with E-state index < -0.39 is 17.8 Å². The Bertz CT molecular complexity index is 739. The van der Waals surface area contributed by atoms with Crippen molar-refractivity contribution in [3.63, 3.8) is 0 Å². The highest BCUT2D eigenvalue weighted by atomic mass is 16.6. The van der Waals surface area contributed by atoms with Gasteiger partial charge in [0.25, 0.3) is 0 Å². The molecular weight excluding hydrogens is 488 g/mol. The first-order chi connectivity index (χ1) is 17.8. The van der Waals surface area contributed by atoms with Crippen molar-refractivity contribution in [1.29, 1.82) is 0 Å². The summed E-state index contributed by atoms with van der Waals surface area (Å²) in [4.78, 5) is 68.4. The molecular formula is C25H40N2O10. The second-order valence-electron chi connectivity index (χ2n) is 7.88. The summed E-state index contributed by atoms with van der Waals surface area (Å²) in [5, 5.41) is 5.13.